The molecule has 1 amide bonds. The molecule has 1 aliphatic carbocycles. The molecule has 0 bridgehead atoms. The monoisotopic (exact) mass is 497 g/mol. The van der Waals surface area contributed by atoms with Crippen LogP contribution in [0.15, 0.2) is 79.4 Å². The van der Waals surface area contributed by atoms with Crippen LogP contribution in [0.2, 0.25) is 0 Å². The zero-order chi connectivity index (χ0) is 26.0. The van der Waals surface area contributed by atoms with Crippen LogP contribution in [0.3, 0.4) is 0 Å². The smallest absolute Gasteiger partial charge is 0.308 e. The van der Waals surface area contributed by atoms with Gasteiger partial charge in [0, 0.05) is 36.3 Å². The summed E-state index contributed by atoms with van der Waals surface area (Å²) < 4.78 is 6.45. The molecule has 2 aliphatic rings. The summed E-state index contributed by atoms with van der Waals surface area (Å²) in [4.78, 5) is 25.0. The molecule has 2 fully saturated rings. The molecule has 0 aromatic heterocycles. The normalized spacial score (nSPS) is 27.2. The van der Waals surface area contributed by atoms with Crippen LogP contribution in [0, 0.1) is 5.92 Å². The average Bonchev–Trinajstić information content (AvgIpc) is 2.88. The molecular weight excluding hydrogens is 460 g/mol. The number of amides is 1. The van der Waals surface area contributed by atoms with Gasteiger partial charge in [-0.05, 0) is 65.9 Å². The zero-order valence-electron chi connectivity index (χ0n) is 21.9. The Kier molecular flexibility index (Phi) is 6.91. The van der Waals surface area contributed by atoms with E-state index in [4.69, 9.17) is 4.74 Å². The summed E-state index contributed by atoms with van der Waals surface area (Å²) in [7, 11) is 2.33. The molecule has 1 aliphatic heterocycles. The highest BCUT2D eigenvalue weighted by molar-refractivity contribution is 5.98. The molecule has 37 heavy (non-hydrogen) atoms. The zero-order valence-corrected chi connectivity index (χ0v) is 21.9. The molecule has 1 heterocycles. The number of fused-ring (bicyclic) bond motifs is 2. The molecule has 0 radical (unpaired) electrons. The van der Waals surface area contributed by atoms with E-state index in [1.54, 1.807) is 0 Å². The second-order valence-corrected chi connectivity index (χ2v) is 11.2. The lowest BCUT2D eigenvalue weighted by molar-refractivity contribution is -0.914. The Labute approximate surface area is 219 Å². The van der Waals surface area contributed by atoms with Gasteiger partial charge >= 0.3 is 5.97 Å². The van der Waals surface area contributed by atoms with E-state index in [1.807, 2.05) is 60.7 Å². The van der Waals surface area contributed by atoms with E-state index in [0.29, 0.717) is 17.2 Å². The van der Waals surface area contributed by atoms with Crippen molar-refractivity contribution in [1.82, 2.24) is 5.32 Å². The molecule has 1 saturated carbocycles. The summed E-state index contributed by atoms with van der Waals surface area (Å²) in [6, 6.07) is 22.2. The first-order chi connectivity index (χ1) is 17.8. The number of rotatable bonds is 6. The maximum atomic E-state index is 13.3. The van der Waals surface area contributed by atoms with Crippen LogP contribution in [-0.4, -0.2) is 49.1 Å². The highest BCUT2D eigenvalue weighted by Crippen LogP contribution is 2.50. The number of carbonyl (C=O) groups excluding carboxylic acids is 2. The lowest BCUT2D eigenvalue weighted by atomic mass is 9.57. The van der Waals surface area contributed by atoms with Crippen LogP contribution in [0.5, 0.6) is 5.75 Å². The van der Waals surface area contributed by atoms with Crippen LogP contribution in [0.4, 0.5) is 0 Å². The Morgan fingerprint density at radius 1 is 1.08 bits per heavy atom. The third-order valence-corrected chi connectivity index (χ3v) is 8.60. The Bertz CT molecular complexity index is 1330. The molecule has 5 nitrogen and oxygen atoms in total. The number of likely N-dealkylation sites (tertiary alicyclic amines) is 1. The predicted molar refractivity (Wildman–Crippen MR) is 148 cm³/mol. The quantitative estimate of drug-likeness (QED) is 0.208. The fourth-order valence-electron chi connectivity index (χ4n) is 6.79. The van der Waals surface area contributed by atoms with Gasteiger partial charge in [0.15, 0.2) is 0 Å². The van der Waals surface area contributed by atoms with Gasteiger partial charge in [0.05, 0.1) is 26.7 Å². The fraction of sp³-hybridized carbons (Fsp3) is 0.375. The van der Waals surface area contributed by atoms with Gasteiger partial charge in [0.2, 0.25) is 0 Å². The summed E-state index contributed by atoms with van der Waals surface area (Å²) in [6.07, 6.45) is 5.95. The van der Waals surface area contributed by atoms with Crippen molar-refractivity contribution in [3.8, 4) is 5.75 Å². The predicted octanol–water partition coefficient (Wildman–Crippen LogP) is 5.64. The summed E-state index contributed by atoms with van der Waals surface area (Å²) in [6.45, 7) is 8.52. The molecule has 0 spiro atoms. The van der Waals surface area contributed by atoms with Gasteiger partial charge in [-0.1, -0.05) is 49.0 Å². The van der Waals surface area contributed by atoms with E-state index in [9.17, 15) is 9.59 Å². The number of hydrogen-bond acceptors (Lipinski definition) is 3. The number of benzene rings is 3. The number of esters is 1. The van der Waals surface area contributed by atoms with Crippen molar-refractivity contribution < 1.29 is 18.8 Å². The van der Waals surface area contributed by atoms with Crippen LogP contribution < -0.4 is 10.1 Å². The van der Waals surface area contributed by atoms with Crippen LogP contribution >= 0.6 is 0 Å². The number of piperidine rings is 1. The highest BCUT2D eigenvalue weighted by Gasteiger charge is 2.52. The Hall–Kier alpha value is -3.44. The van der Waals surface area contributed by atoms with Crippen LogP contribution in [0.25, 0.3) is 10.8 Å². The number of ether oxygens (including phenoxy) is 1. The first kappa shape index (κ1) is 25.2. The van der Waals surface area contributed by atoms with Crippen molar-refractivity contribution in [1.29, 1.82) is 0 Å². The molecule has 4 atom stereocenters. The molecular formula is C32H37N2O3+. The fourth-order valence-corrected chi connectivity index (χ4v) is 6.79. The Morgan fingerprint density at radius 3 is 2.68 bits per heavy atom. The molecule has 192 valence electrons. The second-order valence-electron chi connectivity index (χ2n) is 11.2. The minimum absolute atomic E-state index is 0.0129. The van der Waals surface area contributed by atoms with E-state index < -0.39 is 0 Å². The Balaban J connectivity index is 1.42. The standard InChI is InChI=1S/C32H36N2O3/c1-4-17-34(3)18-16-32(27-10-7-11-30(20-27)37-23(2)35)21-29(15-14-28(32)22-34)33-31(36)26-13-12-24-8-5-6-9-25(24)19-26/h4-13,19-20,28-29H,1,14-18,21-22H2,2-3H3/p+1/t28?,29-,32+,34+/m1/s1. The molecule has 5 rings (SSSR count). The van der Waals surface area contributed by atoms with Gasteiger partial charge in [0.1, 0.15) is 5.75 Å². The lowest BCUT2D eigenvalue weighted by Crippen LogP contribution is -2.62. The number of nitrogens with one attached hydrogen (secondary N) is 1. The van der Waals surface area contributed by atoms with Gasteiger partial charge < -0.3 is 14.5 Å². The van der Waals surface area contributed by atoms with Crippen molar-refractivity contribution in [2.24, 2.45) is 5.92 Å². The number of nitrogens with zero attached hydrogens (tertiary/aromatic N) is 1. The van der Waals surface area contributed by atoms with E-state index in [2.05, 4.69) is 31.1 Å². The van der Waals surface area contributed by atoms with E-state index in [-0.39, 0.29) is 23.3 Å². The summed E-state index contributed by atoms with van der Waals surface area (Å²) in [5, 5.41) is 5.58. The maximum absolute atomic E-state index is 13.3. The van der Waals surface area contributed by atoms with Gasteiger partial charge in [-0.3, -0.25) is 9.59 Å². The van der Waals surface area contributed by atoms with Crippen molar-refractivity contribution >= 4 is 22.6 Å². The molecule has 1 N–H and O–H groups in total. The van der Waals surface area contributed by atoms with Crippen LogP contribution in [-0.2, 0) is 10.2 Å². The molecule has 1 unspecified atom stereocenters. The number of quaternary nitrogens is 1. The number of hydrogen-bond donors (Lipinski definition) is 1. The summed E-state index contributed by atoms with van der Waals surface area (Å²) >= 11 is 0. The van der Waals surface area contributed by atoms with Crippen molar-refractivity contribution in [2.45, 2.75) is 44.1 Å². The first-order valence-electron chi connectivity index (χ1n) is 13.3. The van der Waals surface area contributed by atoms with Gasteiger partial charge in [-0.2, -0.15) is 0 Å². The SMILES string of the molecule is C=CC[N@@+]1(C)CC[C@@]2(c3cccc(OC(C)=O)c3)C[C@H](NC(=O)c3ccc4ccccc4c3)CCC2C1. The number of likely N-dealkylation sites (N-methyl/N-ethyl adjacent to an activating group) is 1. The van der Waals surface area contributed by atoms with Gasteiger partial charge in [0.25, 0.3) is 5.91 Å². The van der Waals surface area contributed by atoms with Crippen LogP contribution in [0.1, 0.15) is 48.5 Å². The highest BCUT2D eigenvalue weighted by atomic mass is 16.5. The molecule has 1 saturated heterocycles. The van der Waals surface area contributed by atoms with E-state index in [0.717, 1.165) is 60.6 Å². The maximum Gasteiger partial charge on any atom is 0.308 e. The van der Waals surface area contributed by atoms with E-state index >= 15 is 0 Å². The van der Waals surface area contributed by atoms with Crippen molar-refractivity contribution in [2.75, 3.05) is 26.7 Å². The third-order valence-electron chi connectivity index (χ3n) is 8.60. The minimum atomic E-state index is -0.311. The summed E-state index contributed by atoms with van der Waals surface area (Å²) in [5.41, 5.74) is 1.84. The first-order valence-corrected chi connectivity index (χ1v) is 13.3. The molecule has 3 aromatic carbocycles. The van der Waals surface area contributed by atoms with Gasteiger partial charge in [-0.25, -0.2) is 0 Å². The van der Waals surface area contributed by atoms with Gasteiger partial charge in [-0.15, -0.1) is 0 Å². The van der Waals surface area contributed by atoms with E-state index in [1.165, 1.54) is 12.5 Å². The largest absolute Gasteiger partial charge is 0.427 e. The topological polar surface area (TPSA) is 55.4 Å². The number of carbonyl (C=O) groups is 2. The average molecular weight is 498 g/mol. The summed E-state index contributed by atoms with van der Waals surface area (Å²) in [5.74, 6) is 0.748. The van der Waals surface area contributed by atoms with Crippen molar-refractivity contribution in [3.05, 3.63) is 90.5 Å². The minimum Gasteiger partial charge on any atom is -0.427 e. The lowest BCUT2D eigenvalue weighted by Gasteiger charge is -2.55. The molecule has 5 heteroatoms. The Morgan fingerprint density at radius 2 is 1.89 bits per heavy atom. The van der Waals surface area contributed by atoms with Crippen molar-refractivity contribution in [3.63, 3.8) is 0 Å². The second kappa shape index (κ2) is 10.1. The molecule has 3 aromatic rings. The third kappa shape index (κ3) is 5.19.